The normalized spacial score (nSPS) is 14.6. The number of benzene rings is 1. The molecule has 1 aliphatic rings. The largest absolute Gasteiger partial charge is 0.308 e. The molecule has 0 N–H and O–H groups in total. The van der Waals surface area contributed by atoms with Crippen molar-refractivity contribution in [1.82, 2.24) is 0 Å². The van der Waals surface area contributed by atoms with Crippen LogP contribution in [0, 0.1) is 0 Å². The maximum Gasteiger partial charge on any atom is 0.250 e. The van der Waals surface area contributed by atoms with Crippen LogP contribution in [0.4, 0.5) is 5.69 Å². The van der Waals surface area contributed by atoms with Crippen molar-refractivity contribution in [1.29, 1.82) is 0 Å². The molecule has 0 bridgehead atoms. The number of hydrogen-bond acceptors (Lipinski definition) is 2. The lowest BCUT2D eigenvalue weighted by Crippen LogP contribution is -2.36. The van der Waals surface area contributed by atoms with Gasteiger partial charge in [-0.2, -0.15) is 0 Å². The Hall–Kier alpha value is -1.61. The molecule has 0 aliphatic carbocycles. The monoisotopic (exact) mass is 235 g/mol. The second-order valence-electron chi connectivity index (χ2n) is 3.53. The van der Waals surface area contributed by atoms with Gasteiger partial charge in [0.1, 0.15) is 0 Å². The second kappa shape index (κ2) is 4.10. The number of carbonyl (C=O) groups is 2. The summed E-state index contributed by atoms with van der Waals surface area (Å²) in [5.41, 5.74) is 1.12. The summed E-state index contributed by atoms with van der Waals surface area (Å²) in [4.78, 5) is 24.8. The van der Waals surface area contributed by atoms with Crippen molar-refractivity contribution in [2.24, 2.45) is 0 Å². The van der Waals surface area contributed by atoms with Crippen LogP contribution in [0.5, 0.6) is 0 Å². The molecule has 0 atom stereocenters. The van der Waals surface area contributed by atoms with Gasteiger partial charge in [0.2, 0.25) is 5.91 Å². The van der Waals surface area contributed by atoms with E-state index >= 15 is 0 Å². The SMILES string of the molecule is C=CC(=O)N1CCC(=O)c2cc(Cl)ccc21. The maximum absolute atomic E-state index is 11.7. The fourth-order valence-corrected chi connectivity index (χ4v) is 1.95. The van der Waals surface area contributed by atoms with Gasteiger partial charge in [-0.25, -0.2) is 0 Å². The van der Waals surface area contributed by atoms with E-state index in [1.54, 1.807) is 23.1 Å². The van der Waals surface area contributed by atoms with Gasteiger partial charge in [-0.3, -0.25) is 9.59 Å². The first-order valence-corrected chi connectivity index (χ1v) is 5.28. The molecule has 1 amide bonds. The van der Waals surface area contributed by atoms with Crippen LogP contribution in [-0.4, -0.2) is 18.2 Å². The highest BCUT2D eigenvalue weighted by molar-refractivity contribution is 6.31. The van der Waals surface area contributed by atoms with Crippen LogP contribution in [-0.2, 0) is 4.79 Å². The van der Waals surface area contributed by atoms with Gasteiger partial charge in [0.25, 0.3) is 0 Å². The van der Waals surface area contributed by atoms with E-state index < -0.39 is 0 Å². The van der Waals surface area contributed by atoms with Crippen LogP contribution >= 0.6 is 11.6 Å². The Kier molecular flexibility index (Phi) is 2.79. The molecule has 1 aromatic carbocycles. The molecule has 82 valence electrons. The van der Waals surface area contributed by atoms with Gasteiger partial charge in [0.05, 0.1) is 5.69 Å². The highest BCUT2D eigenvalue weighted by atomic mass is 35.5. The number of anilines is 1. The van der Waals surface area contributed by atoms with E-state index in [2.05, 4.69) is 6.58 Å². The zero-order valence-electron chi connectivity index (χ0n) is 8.57. The fraction of sp³-hybridized carbons (Fsp3) is 0.167. The van der Waals surface area contributed by atoms with E-state index in [0.717, 1.165) is 0 Å². The molecule has 0 saturated heterocycles. The number of hydrogen-bond donors (Lipinski definition) is 0. The molecule has 16 heavy (non-hydrogen) atoms. The van der Waals surface area contributed by atoms with E-state index in [1.165, 1.54) is 6.08 Å². The number of amides is 1. The molecule has 0 radical (unpaired) electrons. The number of halogens is 1. The van der Waals surface area contributed by atoms with Crippen LogP contribution in [0.3, 0.4) is 0 Å². The third kappa shape index (κ3) is 1.74. The first kappa shape index (κ1) is 10.9. The molecule has 1 heterocycles. The van der Waals surface area contributed by atoms with Crippen molar-refractivity contribution < 1.29 is 9.59 Å². The highest BCUT2D eigenvalue weighted by Crippen LogP contribution is 2.29. The summed E-state index contributed by atoms with van der Waals surface area (Å²) in [7, 11) is 0. The quantitative estimate of drug-likeness (QED) is 0.701. The molecule has 1 aromatic rings. The Morgan fingerprint density at radius 2 is 2.25 bits per heavy atom. The molecular formula is C12H10ClNO2. The predicted octanol–water partition coefficient (Wildman–Crippen LogP) is 2.45. The van der Waals surface area contributed by atoms with Gasteiger partial charge < -0.3 is 4.90 Å². The van der Waals surface area contributed by atoms with E-state index in [9.17, 15) is 9.59 Å². The molecule has 3 nitrogen and oxygen atoms in total. The fourth-order valence-electron chi connectivity index (χ4n) is 1.77. The highest BCUT2D eigenvalue weighted by Gasteiger charge is 2.25. The Balaban J connectivity index is 2.52. The van der Waals surface area contributed by atoms with E-state index in [-0.39, 0.29) is 11.7 Å². The van der Waals surface area contributed by atoms with Crippen molar-refractivity contribution in [3.8, 4) is 0 Å². The number of fused-ring (bicyclic) bond motifs is 1. The van der Waals surface area contributed by atoms with Gasteiger partial charge in [-0.05, 0) is 24.3 Å². The minimum atomic E-state index is -0.198. The van der Waals surface area contributed by atoms with Crippen molar-refractivity contribution in [2.45, 2.75) is 6.42 Å². The average Bonchev–Trinajstić information content (AvgIpc) is 2.29. The molecule has 1 aliphatic heterocycles. The van der Waals surface area contributed by atoms with Crippen molar-refractivity contribution in [3.63, 3.8) is 0 Å². The number of nitrogens with zero attached hydrogens (tertiary/aromatic N) is 1. The predicted molar refractivity (Wildman–Crippen MR) is 62.9 cm³/mol. The Labute approximate surface area is 98.3 Å². The van der Waals surface area contributed by atoms with Crippen molar-refractivity contribution in [2.75, 3.05) is 11.4 Å². The molecule has 2 rings (SSSR count). The minimum Gasteiger partial charge on any atom is -0.308 e. The van der Waals surface area contributed by atoms with Crippen LogP contribution in [0.25, 0.3) is 0 Å². The summed E-state index contributed by atoms with van der Waals surface area (Å²) < 4.78 is 0. The molecule has 0 aromatic heterocycles. The second-order valence-corrected chi connectivity index (χ2v) is 3.97. The third-order valence-corrected chi connectivity index (χ3v) is 2.79. The molecule has 0 fully saturated rings. The average molecular weight is 236 g/mol. The van der Waals surface area contributed by atoms with E-state index in [0.29, 0.717) is 29.2 Å². The summed E-state index contributed by atoms with van der Waals surface area (Å²) in [6.45, 7) is 3.84. The van der Waals surface area contributed by atoms with Gasteiger partial charge in [0.15, 0.2) is 5.78 Å². The zero-order valence-corrected chi connectivity index (χ0v) is 9.33. The molecule has 4 heteroatoms. The topological polar surface area (TPSA) is 37.4 Å². The number of ketones is 1. The summed E-state index contributed by atoms with van der Waals surface area (Å²) in [5.74, 6) is -0.179. The summed E-state index contributed by atoms with van der Waals surface area (Å²) in [6, 6.07) is 4.96. The number of rotatable bonds is 1. The lowest BCUT2D eigenvalue weighted by atomic mass is 10.0. The first-order chi connectivity index (χ1) is 7.63. The van der Waals surface area contributed by atoms with Crippen LogP contribution in [0.15, 0.2) is 30.9 Å². The maximum atomic E-state index is 11.7. The molecule has 0 spiro atoms. The van der Waals surface area contributed by atoms with Gasteiger partial charge in [-0.1, -0.05) is 18.2 Å². The van der Waals surface area contributed by atoms with Gasteiger partial charge in [0, 0.05) is 23.6 Å². The van der Waals surface area contributed by atoms with Crippen LogP contribution in [0.1, 0.15) is 16.8 Å². The lowest BCUT2D eigenvalue weighted by Gasteiger charge is -2.27. The van der Waals surface area contributed by atoms with E-state index in [4.69, 9.17) is 11.6 Å². The summed E-state index contributed by atoms with van der Waals surface area (Å²) >= 11 is 5.83. The first-order valence-electron chi connectivity index (χ1n) is 4.90. The van der Waals surface area contributed by atoms with Gasteiger partial charge >= 0.3 is 0 Å². The molecule has 0 unspecified atom stereocenters. The number of carbonyl (C=O) groups excluding carboxylic acids is 2. The van der Waals surface area contributed by atoms with Crippen molar-refractivity contribution in [3.05, 3.63) is 41.4 Å². The summed E-state index contributed by atoms with van der Waals surface area (Å²) in [5, 5.41) is 0.500. The smallest absolute Gasteiger partial charge is 0.250 e. The standard InChI is InChI=1S/C12H10ClNO2/c1-2-12(16)14-6-5-11(15)9-7-8(13)3-4-10(9)14/h2-4,7H,1,5-6H2. The van der Waals surface area contributed by atoms with Crippen LogP contribution < -0.4 is 4.90 Å². The van der Waals surface area contributed by atoms with Gasteiger partial charge in [-0.15, -0.1) is 0 Å². The third-order valence-electron chi connectivity index (χ3n) is 2.55. The Morgan fingerprint density at radius 1 is 1.50 bits per heavy atom. The zero-order chi connectivity index (χ0) is 11.7. The van der Waals surface area contributed by atoms with Crippen LogP contribution in [0.2, 0.25) is 5.02 Å². The molecular weight excluding hydrogens is 226 g/mol. The molecule has 0 saturated carbocycles. The van der Waals surface area contributed by atoms with E-state index in [1.807, 2.05) is 0 Å². The summed E-state index contributed by atoms with van der Waals surface area (Å²) in [6.07, 6.45) is 1.57. The lowest BCUT2D eigenvalue weighted by molar-refractivity contribution is -0.114. The number of Topliss-reactive ketones (excluding diaryl/α,β-unsaturated/α-hetero) is 1. The van der Waals surface area contributed by atoms with Crippen molar-refractivity contribution >= 4 is 29.0 Å². The Morgan fingerprint density at radius 3 is 2.94 bits per heavy atom. The Bertz CT molecular complexity index is 482. The minimum absolute atomic E-state index is 0.0191.